The minimum absolute atomic E-state index is 0.220. The predicted molar refractivity (Wildman–Crippen MR) is 77.8 cm³/mol. The Kier molecular flexibility index (Phi) is 3.93. The van der Waals surface area contributed by atoms with Gasteiger partial charge in [0.05, 0.1) is 22.0 Å². The minimum atomic E-state index is -0.379. The van der Waals surface area contributed by atoms with Crippen molar-refractivity contribution in [3.05, 3.63) is 51.8 Å². The first kappa shape index (κ1) is 13.6. The molecule has 0 saturated heterocycles. The van der Waals surface area contributed by atoms with Crippen LogP contribution in [0.15, 0.2) is 30.5 Å². The van der Waals surface area contributed by atoms with Gasteiger partial charge in [-0.2, -0.15) is 0 Å². The molecule has 1 aromatic carbocycles. The van der Waals surface area contributed by atoms with Crippen LogP contribution in [0.25, 0.3) is 0 Å². The van der Waals surface area contributed by atoms with E-state index in [-0.39, 0.29) is 16.1 Å². The number of nitrogens with one attached hydrogen (secondary N) is 1. The zero-order chi connectivity index (χ0) is 14.0. The summed E-state index contributed by atoms with van der Waals surface area (Å²) in [4.78, 5) is 16.1. The van der Waals surface area contributed by atoms with Gasteiger partial charge in [-0.1, -0.05) is 29.3 Å². The standard InChI is InChI=1S/C13H11Cl2N3O/c1-7-5-6-17-12(15)11(7)18-13(19)8-3-2-4-9(16)10(8)14/h2-6H,16H2,1H3,(H,18,19). The Balaban J connectivity index is 2.34. The third-order valence-electron chi connectivity index (χ3n) is 2.62. The molecule has 1 amide bonds. The Morgan fingerprint density at radius 2 is 2.05 bits per heavy atom. The number of nitrogen functional groups attached to an aromatic ring is 1. The lowest BCUT2D eigenvalue weighted by Gasteiger charge is -2.11. The number of aromatic nitrogens is 1. The van der Waals surface area contributed by atoms with Gasteiger partial charge < -0.3 is 11.1 Å². The smallest absolute Gasteiger partial charge is 0.257 e. The number of hydrogen-bond acceptors (Lipinski definition) is 3. The van der Waals surface area contributed by atoms with Crippen LogP contribution in [0.1, 0.15) is 15.9 Å². The van der Waals surface area contributed by atoms with Crippen LogP contribution in [0.3, 0.4) is 0 Å². The van der Waals surface area contributed by atoms with Crippen LogP contribution in [-0.4, -0.2) is 10.9 Å². The Morgan fingerprint density at radius 1 is 1.32 bits per heavy atom. The second-order valence-corrected chi connectivity index (χ2v) is 4.69. The van der Waals surface area contributed by atoms with Gasteiger partial charge in [-0.3, -0.25) is 4.79 Å². The molecule has 2 aromatic rings. The number of amides is 1. The molecule has 1 aromatic heterocycles. The number of benzene rings is 1. The highest BCUT2D eigenvalue weighted by Gasteiger charge is 2.15. The number of nitrogens with two attached hydrogens (primary N) is 1. The first-order chi connectivity index (χ1) is 9.00. The number of carbonyl (C=O) groups excluding carboxylic acids is 1. The average molecular weight is 296 g/mol. The fourth-order valence-electron chi connectivity index (χ4n) is 1.58. The van der Waals surface area contributed by atoms with Crippen molar-refractivity contribution in [1.29, 1.82) is 0 Å². The molecule has 1 heterocycles. The molecule has 98 valence electrons. The quantitative estimate of drug-likeness (QED) is 0.658. The van der Waals surface area contributed by atoms with E-state index in [1.54, 1.807) is 30.5 Å². The summed E-state index contributed by atoms with van der Waals surface area (Å²) < 4.78 is 0. The van der Waals surface area contributed by atoms with Crippen molar-refractivity contribution in [3.63, 3.8) is 0 Å². The third-order valence-corrected chi connectivity index (χ3v) is 3.33. The molecule has 0 spiro atoms. The SMILES string of the molecule is Cc1ccnc(Cl)c1NC(=O)c1cccc(N)c1Cl. The second kappa shape index (κ2) is 5.47. The Morgan fingerprint density at radius 3 is 2.74 bits per heavy atom. The summed E-state index contributed by atoms with van der Waals surface area (Å²) in [5, 5.41) is 3.14. The molecule has 0 aliphatic heterocycles. The van der Waals surface area contributed by atoms with E-state index in [2.05, 4.69) is 10.3 Å². The first-order valence-electron chi connectivity index (χ1n) is 5.47. The van der Waals surface area contributed by atoms with Crippen molar-refractivity contribution >= 4 is 40.5 Å². The maximum atomic E-state index is 12.2. The lowest BCUT2D eigenvalue weighted by Crippen LogP contribution is -2.14. The normalized spacial score (nSPS) is 10.3. The Labute approximate surface area is 120 Å². The van der Waals surface area contributed by atoms with Crippen molar-refractivity contribution in [2.45, 2.75) is 6.92 Å². The summed E-state index contributed by atoms with van der Waals surface area (Å²) in [7, 11) is 0. The van der Waals surface area contributed by atoms with Crippen LogP contribution < -0.4 is 11.1 Å². The van der Waals surface area contributed by atoms with Gasteiger partial charge in [-0.05, 0) is 30.7 Å². The molecule has 3 N–H and O–H groups in total. The van der Waals surface area contributed by atoms with Gasteiger partial charge >= 0.3 is 0 Å². The molecular formula is C13H11Cl2N3O. The van der Waals surface area contributed by atoms with E-state index in [1.807, 2.05) is 6.92 Å². The van der Waals surface area contributed by atoms with E-state index in [9.17, 15) is 4.79 Å². The van der Waals surface area contributed by atoms with Crippen molar-refractivity contribution in [1.82, 2.24) is 4.98 Å². The largest absolute Gasteiger partial charge is 0.398 e. The molecular weight excluding hydrogens is 285 g/mol. The van der Waals surface area contributed by atoms with E-state index in [1.165, 1.54) is 0 Å². The van der Waals surface area contributed by atoms with Crippen LogP contribution in [0.4, 0.5) is 11.4 Å². The van der Waals surface area contributed by atoms with E-state index >= 15 is 0 Å². The zero-order valence-corrected chi connectivity index (χ0v) is 11.6. The lowest BCUT2D eigenvalue weighted by molar-refractivity contribution is 0.102. The monoisotopic (exact) mass is 295 g/mol. The molecule has 0 saturated carbocycles. The summed E-state index contributed by atoms with van der Waals surface area (Å²) in [6.45, 7) is 1.82. The fraction of sp³-hybridized carbons (Fsp3) is 0.0769. The minimum Gasteiger partial charge on any atom is -0.398 e. The van der Waals surface area contributed by atoms with Gasteiger partial charge in [0.25, 0.3) is 5.91 Å². The maximum Gasteiger partial charge on any atom is 0.257 e. The van der Waals surface area contributed by atoms with Crippen LogP contribution >= 0.6 is 23.2 Å². The van der Waals surface area contributed by atoms with Crippen LogP contribution in [0.2, 0.25) is 10.2 Å². The summed E-state index contributed by atoms with van der Waals surface area (Å²) >= 11 is 11.9. The van der Waals surface area contributed by atoms with Crippen LogP contribution in [0, 0.1) is 6.92 Å². The zero-order valence-electron chi connectivity index (χ0n) is 10.1. The Bertz CT molecular complexity index is 624. The molecule has 0 fully saturated rings. The molecule has 0 aliphatic rings. The maximum absolute atomic E-state index is 12.2. The number of rotatable bonds is 2. The molecule has 0 aliphatic carbocycles. The van der Waals surface area contributed by atoms with E-state index in [0.29, 0.717) is 16.9 Å². The van der Waals surface area contributed by atoms with Crippen molar-refractivity contribution in [2.24, 2.45) is 0 Å². The van der Waals surface area contributed by atoms with Crippen molar-refractivity contribution < 1.29 is 4.79 Å². The molecule has 2 rings (SSSR count). The van der Waals surface area contributed by atoms with Crippen LogP contribution in [0.5, 0.6) is 0 Å². The summed E-state index contributed by atoms with van der Waals surface area (Å²) in [6, 6.07) is 6.63. The molecule has 0 unspecified atom stereocenters. The molecule has 19 heavy (non-hydrogen) atoms. The number of hydrogen-bond donors (Lipinski definition) is 2. The predicted octanol–water partition coefficient (Wildman–Crippen LogP) is 3.53. The second-order valence-electron chi connectivity index (χ2n) is 3.96. The number of halogens is 2. The van der Waals surface area contributed by atoms with Crippen molar-refractivity contribution in [3.8, 4) is 0 Å². The highest BCUT2D eigenvalue weighted by atomic mass is 35.5. The van der Waals surface area contributed by atoms with Gasteiger partial charge in [-0.15, -0.1) is 0 Å². The number of pyridine rings is 1. The summed E-state index contributed by atoms with van der Waals surface area (Å²) in [5.74, 6) is -0.379. The van der Waals surface area contributed by atoms with Crippen LogP contribution in [-0.2, 0) is 0 Å². The number of nitrogens with zero attached hydrogens (tertiary/aromatic N) is 1. The highest BCUT2D eigenvalue weighted by Crippen LogP contribution is 2.27. The van der Waals surface area contributed by atoms with Gasteiger partial charge in [0, 0.05) is 6.20 Å². The highest BCUT2D eigenvalue weighted by molar-refractivity contribution is 6.37. The third kappa shape index (κ3) is 2.80. The van der Waals surface area contributed by atoms with E-state index < -0.39 is 0 Å². The lowest BCUT2D eigenvalue weighted by atomic mass is 10.1. The summed E-state index contributed by atoms with van der Waals surface area (Å²) in [6.07, 6.45) is 1.57. The Hall–Kier alpha value is -1.78. The first-order valence-corrected chi connectivity index (χ1v) is 6.22. The fourth-order valence-corrected chi connectivity index (χ4v) is 2.05. The topological polar surface area (TPSA) is 68.0 Å². The van der Waals surface area contributed by atoms with Gasteiger partial charge in [0.1, 0.15) is 0 Å². The molecule has 0 bridgehead atoms. The summed E-state index contributed by atoms with van der Waals surface area (Å²) in [5.41, 5.74) is 7.58. The number of carbonyl (C=O) groups is 1. The average Bonchev–Trinajstić information content (AvgIpc) is 2.37. The number of aryl methyl sites for hydroxylation is 1. The number of anilines is 2. The van der Waals surface area contributed by atoms with Gasteiger partial charge in [0.15, 0.2) is 5.15 Å². The van der Waals surface area contributed by atoms with E-state index in [4.69, 9.17) is 28.9 Å². The molecule has 0 atom stereocenters. The van der Waals surface area contributed by atoms with E-state index in [0.717, 1.165) is 5.56 Å². The van der Waals surface area contributed by atoms with Crippen molar-refractivity contribution in [2.75, 3.05) is 11.1 Å². The molecule has 6 heteroatoms. The van der Waals surface area contributed by atoms with Gasteiger partial charge in [0.2, 0.25) is 0 Å². The molecule has 0 radical (unpaired) electrons. The van der Waals surface area contributed by atoms with Gasteiger partial charge in [-0.25, -0.2) is 4.98 Å². The molecule has 4 nitrogen and oxygen atoms in total.